The van der Waals surface area contributed by atoms with Gasteiger partial charge in [0.1, 0.15) is 17.9 Å². The molecule has 1 atom stereocenters. The number of nitrogens with zero attached hydrogens (tertiary/aromatic N) is 1. The summed E-state index contributed by atoms with van der Waals surface area (Å²) >= 11 is 0. The Labute approximate surface area is 196 Å². The molecule has 4 rings (SSSR count). The third kappa shape index (κ3) is 4.96. The minimum atomic E-state index is -4.90. The van der Waals surface area contributed by atoms with Gasteiger partial charge in [-0.2, -0.15) is 13.2 Å². The van der Waals surface area contributed by atoms with Crippen LogP contribution in [0, 0.1) is 11.7 Å². The Hall–Kier alpha value is -3.96. The van der Waals surface area contributed by atoms with E-state index in [1.165, 1.54) is 12.1 Å². The van der Waals surface area contributed by atoms with Gasteiger partial charge in [0.25, 0.3) is 11.8 Å². The molecule has 12 heteroatoms. The third-order valence-corrected chi connectivity index (χ3v) is 5.96. The Morgan fingerprint density at radius 3 is 2.34 bits per heavy atom. The summed E-state index contributed by atoms with van der Waals surface area (Å²) in [4.78, 5) is 50.2. The lowest BCUT2D eigenvalue weighted by molar-refractivity contribution is -0.137. The summed E-state index contributed by atoms with van der Waals surface area (Å²) in [5.74, 6) is -2.97. The molecule has 5 amide bonds. The van der Waals surface area contributed by atoms with Crippen molar-refractivity contribution < 1.29 is 36.7 Å². The Bertz CT molecular complexity index is 1210. The Morgan fingerprint density at radius 1 is 1.09 bits per heavy atom. The van der Waals surface area contributed by atoms with E-state index in [0.29, 0.717) is 11.0 Å². The van der Waals surface area contributed by atoms with Crippen LogP contribution in [-0.2, 0) is 15.8 Å². The fourth-order valence-corrected chi connectivity index (χ4v) is 3.90. The maximum Gasteiger partial charge on any atom is 0.418 e. The number of amides is 5. The number of carbonyl (C=O) groups is 4. The van der Waals surface area contributed by atoms with Gasteiger partial charge in [-0.1, -0.05) is 0 Å². The zero-order valence-electron chi connectivity index (χ0n) is 18.3. The van der Waals surface area contributed by atoms with E-state index in [4.69, 9.17) is 0 Å². The monoisotopic (exact) mass is 492 g/mol. The van der Waals surface area contributed by atoms with Crippen molar-refractivity contribution in [3.63, 3.8) is 0 Å². The number of hydrogen-bond donors (Lipinski definition) is 3. The van der Waals surface area contributed by atoms with E-state index in [-0.39, 0.29) is 17.2 Å². The summed E-state index contributed by atoms with van der Waals surface area (Å²) in [6, 6.07) is 6.36. The lowest BCUT2D eigenvalue weighted by Gasteiger charge is -2.21. The summed E-state index contributed by atoms with van der Waals surface area (Å²) in [7, 11) is 0. The molecule has 1 aliphatic heterocycles. The molecule has 2 aromatic rings. The number of benzene rings is 2. The molecule has 1 unspecified atom stereocenters. The summed E-state index contributed by atoms with van der Waals surface area (Å²) in [5, 5.41) is 6.93. The van der Waals surface area contributed by atoms with Crippen LogP contribution in [0.1, 0.15) is 35.7 Å². The van der Waals surface area contributed by atoms with Crippen LogP contribution in [0.15, 0.2) is 42.5 Å². The summed E-state index contributed by atoms with van der Waals surface area (Å²) in [5.41, 5.74) is -3.16. The number of nitrogens with one attached hydrogen (secondary N) is 3. The van der Waals surface area contributed by atoms with Crippen molar-refractivity contribution >= 4 is 35.1 Å². The van der Waals surface area contributed by atoms with E-state index in [1.807, 2.05) is 0 Å². The van der Waals surface area contributed by atoms with Crippen LogP contribution in [0.3, 0.4) is 0 Å². The number of anilines is 2. The minimum absolute atomic E-state index is 0.0316. The molecular formula is C23H20F4N4O4. The number of imide groups is 1. The predicted octanol–water partition coefficient (Wildman–Crippen LogP) is 3.76. The fraction of sp³-hybridized carbons (Fsp3) is 0.304. The van der Waals surface area contributed by atoms with E-state index in [0.717, 1.165) is 37.1 Å². The summed E-state index contributed by atoms with van der Waals surface area (Å²) in [6.45, 7) is 0.802. The van der Waals surface area contributed by atoms with E-state index >= 15 is 0 Å². The number of urea groups is 1. The zero-order chi connectivity index (χ0) is 25.5. The average Bonchev–Trinajstić information content (AvgIpc) is 3.60. The lowest BCUT2D eigenvalue weighted by Crippen LogP contribution is -2.46. The van der Waals surface area contributed by atoms with Gasteiger partial charge in [-0.3, -0.25) is 19.3 Å². The highest BCUT2D eigenvalue weighted by Crippen LogP contribution is 2.42. The number of carbonyl (C=O) groups excluding carboxylic acids is 4. The van der Waals surface area contributed by atoms with E-state index in [1.54, 1.807) is 6.92 Å². The van der Waals surface area contributed by atoms with Crippen molar-refractivity contribution in [2.45, 2.75) is 31.5 Å². The molecule has 0 spiro atoms. The standard InChI is InChI=1S/C23H20F4N4O4/c1-22(13-4-5-13)20(34)31(21(35)30-22)11-18(32)29-17-9-8-15(10-16(17)23(25,26)27)28-19(33)12-2-6-14(24)7-3-12/h2-3,6-10,13H,4-5,11H2,1H3,(H,28,33)(H,29,32)(H,30,35). The van der Waals surface area contributed by atoms with Crippen molar-refractivity contribution in [2.75, 3.05) is 17.2 Å². The number of halogens is 4. The second kappa shape index (κ2) is 8.67. The van der Waals surface area contributed by atoms with Crippen LogP contribution in [0.25, 0.3) is 0 Å². The molecule has 8 nitrogen and oxygen atoms in total. The van der Waals surface area contributed by atoms with E-state index in [9.17, 15) is 36.7 Å². The first-order valence-electron chi connectivity index (χ1n) is 10.6. The highest BCUT2D eigenvalue weighted by Gasteiger charge is 2.56. The molecule has 0 radical (unpaired) electrons. The number of hydrogen-bond acceptors (Lipinski definition) is 4. The minimum Gasteiger partial charge on any atom is -0.324 e. The van der Waals surface area contributed by atoms with Gasteiger partial charge in [-0.25, -0.2) is 9.18 Å². The SMILES string of the molecule is CC1(C2CC2)NC(=O)N(CC(=O)Nc2ccc(NC(=O)c3ccc(F)cc3)cc2C(F)(F)F)C1=O. The number of alkyl halides is 3. The molecule has 1 aliphatic carbocycles. The van der Waals surface area contributed by atoms with E-state index in [2.05, 4.69) is 16.0 Å². The first-order valence-corrected chi connectivity index (χ1v) is 10.6. The topological polar surface area (TPSA) is 108 Å². The molecule has 35 heavy (non-hydrogen) atoms. The average molecular weight is 492 g/mol. The van der Waals surface area contributed by atoms with Crippen LogP contribution in [-0.4, -0.2) is 40.7 Å². The van der Waals surface area contributed by atoms with E-state index < -0.39 is 59.1 Å². The van der Waals surface area contributed by atoms with Crippen molar-refractivity contribution in [3.8, 4) is 0 Å². The first-order chi connectivity index (χ1) is 16.4. The van der Waals surface area contributed by atoms with Crippen molar-refractivity contribution in [1.29, 1.82) is 0 Å². The maximum absolute atomic E-state index is 13.7. The predicted molar refractivity (Wildman–Crippen MR) is 116 cm³/mol. The van der Waals surface area contributed by atoms with Gasteiger partial charge in [-0.05, 0) is 68.1 Å². The van der Waals surface area contributed by atoms with Gasteiger partial charge in [-0.15, -0.1) is 0 Å². The molecule has 1 saturated carbocycles. The Balaban J connectivity index is 1.48. The van der Waals surface area contributed by atoms with Crippen molar-refractivity contribution in [1.82, 2.24) is 10.2 Å². The molecule has 0 aromatic heterocycles. The van der Waals surface area contributed by atoms with Gasteiger partial charge < -0.3 is 16.0 Å². The first kappa shape index (κ1) is 24.2. The molecule has 1 heterocycles. The molecular weight excluding hydrogens is 472 g/mol. The smallest absolute Gasteiger partial charge is 0.324 e. The molecule has 2 aromatic carbocycles. The molecule has 2 aliphatic rings. The normalized spacial score (nSPS) is 20.0. The number of rotatable bonds is 6. The van der Waals surface area contributed by atoms with Gasteiger partial charge >= 0.3 is 12.2 Å². The van der Waals surface area contributed by atoms with Crippen molar-refractivity contribution in [2.24, 2.45) is 5.92 Å². The zero-order valence-corrected chi connectivity index (χ0v) is 18.3. The Morgan fingerprint density at radius 2 is 1.74 bits per heavy atom. The van der Waals surface area contributed by atoms with Gasteiger partial charge in [0.05, 0.1) is 11.3 Å². The van der Waals surface area contributed by atoms with Crippen LogP contribution >= 0.6 is 0 Å². The second-order valence-corrected chi connectivity index (χ2v) is 8.57. The van der Waals surface area contributed by atoms with Crippen LogP contribution < -0.4 is 16.0 Å². The van der Waals surface area contributed by atoms with Gasteiger partial charge in [0, 0.05) is 11.3 Å². The lowest BCUT2D eigenvalue weighted by atomic mass is 9.96. The Kier molecular flexibility index (Phi) is 5.99. The quantitative estimate of drug-likeness (QED) is 0.422. The molecule has 184 valence electrons. The summed E-state index contributed by atoms with van der Waals surface area (Å²) < 4.78 is 54.0. The van der Waals surface area contributed by atoms with Crippen LogP contribution in [0.2, 0.25) is 0 Å². The molecule has 0 bridgehead atoms. The van der Waals surface area contributed by atoms with Crippen LogP contribution in [0.4, 0.5) is 33.7 Å². The fourth-order valence-electron chi connectivity index (χ4n) is 3.90. The highest BCUT2D eigenvalue weighted by molar-refractivity contribution is 6.10. The van der Waals surface area contributed by atoms with Gasteiger partial charge in [0.15, 0.2) is 0 Å². The van der Waals surface area contributed by atoms with Crippen molar-refractivity contribution in [3.05, 3.63) is 59.4 Å². The third-order valence-electron chi connectivity index (χ3n) is 5.96. The largest absolute Gasteiger partial charge is 0.418 e. The van der Waals surface area contributed by atoms with Gasteiger partial charge in [0.2, 0.25) is 5.91 Å². The summed E-state index contributed by atoms with van der Waals surface area (Å²) in [6.07, 6.45) is -3.40. The van der Waals surface area contributed by atoms with Crippen LogP contribution in [0.5, 0.6) is 0 Å². The molecule has 1 saturated heterocycles. The molecule has 2 fully saturated rings. The maximum atomic E-state index is 13.7. The molecule has 3 N–H and O–H groups in total. The highest BCUT2D eigenvalue weighted by atomic mass is 19.4. The second-order valence-electron chi connectivity index (χ2n) is 8.57.